The van der Waals surface area contributed by atoms with Gasteiger partial charge in [0.2, 0.25) is 0 Å². The second kappa shape index (κ2) is 6.15. The fourth-order valence-corrected chi connectivity index (χ4v) is 2.02. The number of benzene rings is 1. The van der Waals surface area contributed by atoms with Crippen LogP contribution in [0.3, 0.4) is 0 Å². The molecule has 0 saturated heterocycles. The largest absolute Gasteiger partial charge is 0.430 e. The predicted molar refractivity (Wildman–Crippen MR) is 72.8 cm³/mol. The Balaban J connectivity index is 3.92. The van der Waals surface area contributed by atoms with Crippen LogP contribution < -0.4 is 0 Å². The Morgan fingerprint density at radius 1 is 0.769 bits per heavy atom. The van der Waals surface area contributed by atoms with Gasteiger partial charge in [-0.15, -0.1) is 0 Å². The first-order valence-electron chi connectivity index (χ1n) is 6.73. The summed E-state index contributed by atoms with van der Waals surface area (Å²) in [6.07, 6.45) is -18.0. The van der Waals surface area contributed by atoms with Gasteiger partial charge >= 0.3 is 18.5 Å². The first-order chi connectivity index (χ1) is 11.3. The van der Waals surface area contributed by atoms with Crippen molar-refractivity contribution in [3.05, 3.63) is 41.5 Å². The van der Waals surface area contributed by atoms with Gasteiger partial charge < -0.3 is 10.2 Å². The Morgan fingerprint density at radius 3 is 1.46 bits per heavy atom. The van der Waals surface area contributed by atoms with E-state index in [0.717, 1.165) is 6.92 Å². The summed E-state index contributed by atoms with van der Waals surface area (Å²) in [4.78, 5) is 0. The highest BCUT2D eigenvalue weighted by molar-refractivity contribution is 5.63. The molecule has 1 aromatic carbocycles. The molecule has 0 fully saturated rings. The molecule has 0 aliphatic heterocycles. The minimum Gasteiger partial charge on any atom is -0.376 e. The Hall–Kier alpha value is -1.75. The summed E-state index contributed by atoms with van der Waals surface area (Å²) in [5.74, 6) is 0. The van der Waals surface area contributed by atoms with Crippen LogP contribution in [0.25, 0.3) is 5.57 Å². The van der Waals surface area contributed by atoms with Crippen LogP contribution in [0.2, 0.25) is 0 Å². The van der Waals surface area contributed by atoms with Crippen LogP contribution in [0.4, 0.5) is 39.5 Å². The summed E-state index contributed by atoms with van der Waals surface area (Å²) in [6.45, 7) is 4.53. The lowest BCUT2D eigenvalue weighted by molar-refractivity contribution is -0.376. The van der Waals surface area contributed by atoms with Crippen LogP contribution in [0, 0.1) is 0 Å². The van der Waals surface area contributed by atoms with Crippen molar-refractivity contribution < 1.29 is 49.7 Å². The summed E-state index contributed by atoms with van der Waals surface area (Å²) in [5, 5.41) is 19.0. The van der Waals surface area contributed by atoms with E-state index in [-0.39, 0.29) is 24.6 Å². The van der Waals surface area contributed by atoms with Crippen LogP contribution >= 0.6 is 0 Å². The molecular weight excluding hydrogens is 383 g/mol. The average molecular weight is 396 g/mol. The molecule has 11 heteroatoms. The minimum absolute atomic E-state index is 0.161. The van der Waals surface area contributed by atoms with Crippen LogP contribution in [-0.2, 0) is 11.2 Å². The van der Waals surface area contributed by atoms with Gasteiger partial charge in [0.1, 0.15) is 0 Å². The Bertz CT molecular complexity index is 683. The van der Waals surface area contributed by atoms with Gasteiger partial charge in [0.25, 0.3) is 5.60 Å². The maximum Gasteiger partial charge on any atom is 0.430 e. The van der Waals surface area contributed by atoms with E-state index in [1.54, 1.807) is 0 Å². The monoisotopic (exact) mass is 396 g/mol. The third kappa shape index (κ3) is 3.54. The molecule has 0 radical (unpaired) electrons. The molecule has 0 aliphatic carbocycles. The zero-order valence-corrected chi connectivity index (χ0v) is 13.2. The molecule has 1 unspecified atom stereocenters. The molecule has 0 saturated carbocycles. The molecule has 26 heavy (non-hydrogen) atoms. The minimum atomic E-state index is -6.29. The molecule has 0 bridgehead atoms. The topological polar surface area (TPSA) is 40.5 Å². The molecule has 1 rings (SSSR count). The summed E-state index contributed by atoms with van der Waals surface area (Å²) >= 11 is 0. The summed E-state index contributed by atoms with van der Waals surface area (Å²) in [7, 11) is 0. The van der Waals surface area contributed by atoms with Crippen molar-refractivity contribution in [2.45, 2.75) is 43.6 Å². The Labute approximate surface area is 141 Å². The zero-order valence-electron chi connectivity index (χ0n) is 13.2. The highest BCUT2D eigenvalue weighted by atomic mass is 19.4. The zero-order chi connectivity index (χ0) is 20.9. The maximum absolute atomic E-state index is 13.0. The standard InChI is InChI=1S/C15H13F9O2/c1-7(2)8-4-9(11(3,25)13(16,17)18)6-10(5-8)12(26,14(19,20)21)15(22,23)24/h4-6,25-26H,1H2,2-3H3. The van der Waals surface area contributed by atoms with E-state index in [1.165, 1.54) is 0 Å². The van der Waals surface area contributed by atoms with Crippen molar-refractivity contribution in [1.29, 1.82) is 0 Å². The molecular formula is C15H13F9O2. The average Bonchev–Trinajstić information content (AvgIpc) is 2.42. The van der Waals surface area contributed by atoms with Crippen LogP contribution in [0.1, 0.15) is 30.5 Å². The molecule has 0 aromatic heterocycles. The number of hydrogen-bond acceptors (Lipinski definition) is 2. The smallest absolute Gasteiger partial charge is 0.376 e. The molecule has 1 atom stereocenters. The van der Waals surface area contributed by atoms with Gasteiger partial charge in [0.05, 0.1) is 0 Å². The van der Waals surface area contributed by atoms with Crippen molar-refractivity contribution in [1.82, 2.24) is 0 Å². The predicted octanol–water partition coefficient (Wildman–Crippen LogP) is 4.80. The SMILES string of the molecule is C=C(C)c1cc(C(C)(O)C(F)(F)F)cc(C(O)(C(F)(F)F)C(F)(F)F)c1. The van der Waals surface area contributed by atoms with Crippen molar-refractivity contribution in [3.8, 4) is 0 Å². The van der Waals surface area contributed by atoms with E-state index in [0.29, 0.717) is 6.07 Å². The van der Waals surface area contributed by atoms with Crippen LogP contribution in [0.5, 0.6) is 0 Å². The van der Waals surface area contributed by atoms with Gasteiger partial charge in [-0.2, -0.15) is 39.5 Å². The van der Waals surface area contributed by atoms with Gasteiger partial charge in [-0.1, -0.05) is 12.2 Å². The van der Waals surface area contributed by atoms with Crippen LogP contribution in [-0.4, -0.2) is 28.7 Å². The number of hydrogen-bond donors (Lipinski definition) is 2. The Morgan fingerprint density at radius 2 is 1.15 bits per heavy atom. The van der Waals surface area contributed by atoms with E-state index in [9.17, 15) is 49.7 Å². The normalized spacial score (nSPS) is 16.3. The quantitative estimate of drug-likeness (QED) is 0.721. The molecule has 0 amide bonds. The number of allylic oxidation sites excluding steroid dienone is 1. The van der Waals surface area contributed by atoms with Crippen molar-refractivity contribution >= 4 is 5.57 Å². The number of aliphatic hydroxyl groups is 2. The number of rotatable bonds is 3. The molecule has 148 valence electrons. The second-order valence-electron chi connectivity index (χ2n) is 5.86. The van der Waals surface area contributed by atoms with Crippen LogP contribution in [0.15, 0.2) is 24.8 Å². The lowest BCUT2D eigenvalue weighted by Gasteiger charge is -2.34. The molecule has 0 spiro atoms. The number of halogens is 9. The van der Waals surface area contributed by atoms with Crippen molar-refractivity contribution in [2.75, 3.05) is 0 Å². The first kappa shape index (κ1) is 22.3. The van der Waals surface area contributed by atoms with Gasteiger partial charge in [0, 0.05) is 5.56 Å². The molecule has 0 aliphatic rings. The highest BCUT2D eigenvalue weighted by Gasteiger charge is 2.71. The van der Waals surface area contributed by atoms with Gasteiger partial charge in [-0.25, -0.2) is 0 Å². The lowest BCUT2D eigenvalue weighted by atomic mass is 9.84. The second-order valence-corrected chi connectivity index (χ2v) is 5.86. The summed E-state index contributed by atoms with van der Waals surface area (Å²) in [6, 6.07) is 0.590. The van der Waals surface area contributed by atoms with E-state index in [1.807, 2.05) is 0 Å². The van der Waals surface area contributed by atoms with E-state index in [2.05, 4.69) is 6.58 Å². The first-order valence-corrected chi connectivity index (χ1v) is 6.73. The highest BCUT2D eigenvalue weighted by Crippen LogP contribution is 2.51. The van der Waals surface area contributed by atoms with Crippen molar-refractivity contribution in [3.63, 3.8) is 0 Å². The molecule has 0 heterocycles. The fraction of sp³-hybridized carbons (Fsp3) is 0.467. The van der Waals surface area contributed by atoms with E-state index < -0.39 is 46.4 Å². The number of alkyl halides is 9. The Kier molecular flexibility index (Phi) is 5.28. The van der Waals surface area contributed by atoms with E-state index in [4.69, 9.17) is 0 Å². The summed E-state index contributed by atoms with van der Waals surface area (Å²) < 4.78 is 117. The molecule has 2 N–H and O–H groups in total. The third-order valence-corrected chi connectivity index (χ3v) is 3.78. The summed E-state index contributed by atoms with van der Waals surface area (Å²) in [5.41, 5.74) is -13.2. The van der Waals surface area contributed by atoms with Gasteiger partial charge in [0.15, 0.2) is 5.60 Å². The lowest BCUT2D eigenvalue weighted by Crippen LogP contribution is -2.54. The maximum atomic E-state index is 13.0. The third-order valence-electron chi connectivity index (χ3n) is 3.78. The van der Waals surface area contributed by atoms with Gasteiger partial charge in [-0.05, 0) is 43.2 Å². The molecule has 1 aromatic rings. The van der Waals surface area contributed by atoms with Gasteiger partial charge in [-0.3, -0.25) is 0 Å². The molecule has 2 nitrogen and oxygen atoms in total. The van der Waals surface area contributed by atoms with Crippen molar-refractivity contribution in [2.24, 2.45) is 0 Å². The van der Waals surface area contributed by atoms with E-state index >= 15 is 0 Å². The fourth-order valence-electron chi connectivity index (χ4n) is 2.02.